The van der Waals surface area contributed by atoms with Crippen LogP contribution in [0.5, 0.6) is 5.75 Å². The average Bonchev–Trinajstić information content (AvgIpc) is 3.29. The number of benzene rings is 1. The summed E-state index contributed by atoms with van der Waals surface area (Å²) in [4.78, 5) is 36.5. The molecule has 0 spiro atoms. The molecule has 2 saturated carbocycles. The molecule has 0 aliphatic heterocycles. The summed E-state index contributed by atoms with van der Waals surface area (Å²) in [7, 11) is 0. The molecule has 1 aromatic rings. The summed E-state index contributed by atoms with van der Waals surface area (Å²) >= 11 is -0.586. The van der Waals surface area contributed by atoms with Crippen molar-refractivity contribution in [1.82, 2.24) is 0 Å². The molecule has 3 unspecified atom stereocenters. The molecular weight excluding hydrogens is 496 g/mol. The number of Topliss-reactive ketones (excluding diaryl/α,β-unsaturated/α-hetero) is 1. The molecule has 0 N–H and O–H groups in total. The number of hydrogen-bond acceptors (Lipinski definition) is 5. The summed E-state index contributed by atoms with van der Waals surface area (Å²) in [6.45, 7) is 5.24. The number of hydrogen-bond donors (Lipinski definition) is 0. The summed E-state index contributed by atoms with van der Waals surface area (Å²) in [6.07, 6.45) is 9.25. The number of ketones is 1. The van der Waals surface area contributed by atoms with Gasteiger partial charge in [-0.15, -0.1) is 0 Å². The predicted octanol–water partition coefficient (Wildman–Crippen LogP) is 3.01. The summed E-state index contributed by atoms with van der Waals surface area (Å²) in [5.41, 5.74) is -0.489. The van der Waals surface area contributed by atoms with Crippen molar-refractivity contribution in [1.29, 1.82) is 0 Å². The summed E-state index contributed by atoms with van der Waals surface area (Å²) < 4.78 is 13.4. The third-order valence-electron chi connectivity index (χ3n) is 5.92. The van der Waals surface area contributed by atoms with E-state index in [0.29, 0.717) is 42.9 Å². The number of esters is 2. The molecule has 0 saturated heterocycles. The van der Waals surface area contributed by atoms with E-state index in [9.17, 15) is 14.4 Å². The molecule has 4 rings (SSSR count). The average molecular weight is 520 g/mol. The Labute approximate surface area is 186 Å². The Hall–Kier alpha value is -2.16. The van der Waals surface area contributed by atoms with Crippen LogP contribution < -0.4 is 8.35 Å². The molecule has 3 aliphatic carbocycles. The number of carbonyl (C=O) groups is 3. The Balaban J connectivity index is 1.31. The summed E-state index contributed by atoms with van der Waals surface area (Å²) in [6, 6.07) is 7.59. The van der Waals surface area contributed by atoms with E-state index in [4.69, 9.17) is 9.47 Å². The van der Waals surface area contributed by atoms with Gasteiger partial charge in [-0.3, -0.25) is 0 Å². The molecule has 3 atom stereocenters. The minimum absolute atomic E-state index is 0.0514. The minimum atomic E-state index is -0.890. The monoisotopic (exact) mass is 522 g/mol. The van der Waals surface area contributed by atoms with Crippen LogP contribution in [-0.4, -0.2) is 44.7 Å². The molecule has 3 aliphatic rings. The zero-order valence-corrected chi connectivity index (χ0v) is 19.2. The van der Waals surface area contributed by atoms with E-state index >= 15 is 0 Å². The van der Waals surface area contributed by atoms with E-state index in [1.54, 1.807) is 6.92 Å². The third-order valence-corrected chi connectivity index (χ3v) is 8.90. The van der Waals surface area contributed by atoms with Crippen LogP contribution in [0.15, 0.2) is 58.3 Å². The number of ether oxygens (including phenoxy) is 2. The van der Waals surface area contributed by atoms with Crippen LogP contribution in [0.1, 0.15) is 39.0 Å². The van der Waals surface area contributed by atoms with Crippen LogP contribution in [0.4, 0.5) is 0 Å². The first kappa shape index (κ1) is 21.1. The van der Waals surface area contributed by atoms with E-state index in [1.165, 1.54) is 7.23 Å². The van der Waals surface area contributed by atoms with E-state index < -0.39 is 26.3 Å². The zero-order valence-electron chi connectivity index (χ0n) is 16.9. The van der Waals surface area contributed by atoms with Crippen LogP contribution >= 0.6 is 0 Å². The number of rotatable bonds is 6. The maximum atomic E-state index is 12.7. The van der Waals surface area contributed by atoms with Gasteiger partial charge < -0.3 is 0 Å². The van der Waals surface area contributed by atoms with E-state index in [2.05, 4.69) is 12.7 Å². The van der Waals surface area contributed by atoms with Gasteiger partial charge >= 0.3 is 187 Å². The standard InChI is InChI=1S/C24H24O5Te/c1-15(2)22(26)28-17-3-7-19(8-4-17)30-20-9-5-18(6-10-20)29-23(27)24-12-11-16(14-24)13-21(24)25/h3,5-10,16-17H,1,4,11-14H2,2H3. The third kappa shape index (κ3) is 4.31. The summed E-state index contributed by atoms with van der Waals surface area (Å²) in [5, 5.41) is 0. The van der Waals surface area contributed by atoms with Gasteiger partial charge in [0.2, 0.25) is 0 Å². The van der Waals surface area contributed by atoms with E-state index in [-0.39, 0.29) is 23.8 Å². The quantitative estimate of drug-likeness (QED) is 0.190. The molecule has 0 amide bonds. The van der Waals surface area contributed by atoms with Gasteiger partial charge in [-0.2, -0.15) is 0 Å². The normalized spacial score (nSPS) is 27.0. The molecule has 0 heterocycles. The van der Waals surface area contributed by atoms with Crippen molar-refractivity contribution in [3.05, 3.63) is 58.3 Å². The molecule has 5 nitrogen and oxygen atoms in total. The Morgan fingerprint density at radius 3 is 2.57 bits per heavy atom. The fourth-order valence-corrected chi connectivity index (χ4v) is 6.71. The first-order valence-corrected chi connectivity index (χ1v) is 12.5. The van der Waals surface area contributed by atoms with Gasteiger partial charge in [0, 0.05) is 0 Å². The van der Waals surface area contributed by atoms with Crippen molar-refractivity contribution >= 4 is 42.3 Å². The Bertz CT molecular complexity index is 958. The Morgan fingerprint density at radius 1 is 1.23 bits per heavy atom. The molecule has 0 radical (unpaired) electrons. The van der Waals surface area contributed by atoms with Crippen LogP contribution in [0.3, 0.4) is 0 Å². The number of fused-ring (bicyclic) bond motifs is 2. The molecule has 0 aromatic heterocycles. The molecule has 2 bridgehead atoms. The summed E-state index contributed by atoms with van der Waals surface area (Å²) in [5.74, 6) is 0.156. The first-order valence-electron chi connectivity index (χ1n) is 10.1. The van der Waals surface area contributed by atoms with Gasteiger partial charge in [0.15, 0.2) is 0 Å². The van der Waals surface area contributed by atoms with Crippen molar-refractivity contribution < 1.29 is 23.9 Å². The van der Waals surface area contributed by atoms with E-state index in [0.717, 1.165) is 6.42 Å². The maximum absolute atomic E-state index is 12.7. The van der Waals surface area contributed by atoms with Crippen LogP contribution in [0.25, 0.3) is 0 Å². The molecule has 6 heteroatoms. The van der Waals surface area contributed by atoms with Gasteiger partial charge in [-0.05, 0) is 0 Å². The van der Waals surface area contributed by atoms with Crippen molar-refractivity contribution in [2.45, 2.75) is 45.1 Å². The van der Waals surface area contributed by atoms with Crippen LogP contribution in [0, 0.1) is 11.3 Å². The van der Waals surface area contributed by atoms with Crippen molar-refractivity contribution in [2.24, 2.45) is 11.3 Å². The van der Waals surface area contributed by atoms with Gasteiger partial charge in [-0.1, -0.05) is 0 Å². The van der Waals surface area contributed by atoms with Crippen LogP contribution in [-0.2, 0) is 19.1 Å². The topological polar surface area (TPSA) is 69.7 Å². The van der Waals surface area contributed by atoms with Crippen molar-refractivity contribution in [2.75, 3.05) is 0 Å². The van der Waals surface area contributed by atoms with Gasteiger partial charge in [0.1, 0.15) is 0 Å². The number of carbonyl (C=O) groups excluding carboxylic acids is 3. The molecule has 2 fully saturated rings. The van der Waals surface area contributed by atoms with Crippen molar-refractivity contribution in [3.8, 4) is 5.75 Å². The van der Waals surface area contributed by atoms with Gasteiger partial charge in [-0.25, -0.2) is 0 Å². The second-order valence-electron chi connectivity index (χ2n) is 8.21. The fourth-order valence-electron chi connectivity index (χ4n) is 4.23. The SMILES string of the molecule is C=C(C)C(=O)OC1C=CC([Te]c2ccc(OC(=O)C34CCC(CC3=O)C4)cc2)=CC1. The second-order valence-corrected chi connectivity index (χ2v) is 11.5. The molecular formula is C24H24O5Te. The van der Waals surface area contributed by atoms with Crippen LogP contribution in [0.2, 0.25) is 0 Å². The first-order chi connectivity index (χ1) is 14.4. The Morgan fingerprint density at radius 2 is 2.00 bits per heavy atom. The Kier molecular flexibility index (Phi) is 5.99. The van der Waals surface area contributed by atoms with Gasteiger partial charge in [0.25, 0.3) is 0 Å². The second kappa shape index (κ2) is 8.53. The predicted molar refractivity (Wildman–Crippen MR) is 113 cm³/mol. The van der Waals surface area contributed by atoms with Gasteiger partial charge in [0.05, 0.1) is 0 Å². The fraction of sp³-hybridized carbons (Fsp3) is 0.375. The van der Waals surface area contributed by atoms with Crippen molar-refractivity contribution in [3.63, 3.8) is 0 Å². The number of allylic oxidation sites excluding steroid dienone is 2. The molecule has 156 valence electrons. The molecule has 30 heavy (non-hydrogen) atoms. The zero-order chi connectivity index (χ0) is 21.3. The van der Waals surface area contributed by atoms with E-state index in [1.807, 2.05) is 36.4 Å². The molecule has 1 aromatic carbocycles.